The van der Waals surface area contributed by atoms with Crippen LogP contribution < -0.4 is 20.1 Å². The molecule has 1 aromatic heterocycles. The van der Waals surface area contributed by atoms with Crippen molar-refractivity contribution in [3.8, 4) is 5.75 Å². The van der Waals surface area contributed by atoms with Gasteiger partial charge in [0.05, 0.1) is 11.9 Å². The van der Waals surface area contributed by atoms with Gasteiger partial charge in [-0.05, 0) is 68.8 Å². The predicted molar refractivity (Wildman–Crippen MR) is 190 cm³/mol. The number of esters is 2. The second-order valence-electron chi connectivity index (χ2n) is 12.8. The molecule has 0 spiro atoms. The number of sulfone groups is 1. The lowest BCUT2D eigenvalue weighted by Crippen LogP contribution is -2.38. The van der Waals surface area contributed by atoms with E-state index in [0.29, 0.717) is 35.8 Å². The summed E-state index contributed by atoms with van der Waals surface area (Å²) in [5.41, 5.74) is 1.45. The Bertz CT molecular complexity index is 1750. The van der Waals surface area contributed by atoms with Crippen molar-refractivity contribution in [3.63, 3.8) is 0 Å². The summed E-state index contributed by atoms with van der Waals surface area (Å²) >= 11 is 0.559. The number of hydrogen-bond donors (Lipinski definition) is 3. The van der Waals surface area contributed by atoms with Crippen molar-refractivity contribution in [2.45, 2.75) is 85.2 Å². The van der Waals surface area contributed by atoms with E-state index in [1.807, 2.05) is 45.0 Å². The smallest absolute Gasteiger partial charge is 0.331 e. The van der Waals surface area contributed by atoms with E-state index in [1.54, 1.807) is 11.6 Å². The number of fused-ring (bicyclic) bond motifs is 1. The highest BCUT2D eigenvalue weighted by molar-refractivity contribution is 7.95. The average Bonchev–Trinajstić information content (AvgIpc) is 3.78. The van der Waals surface area contributed by atoms with Crippen molar-refractivity contribution in [3.05, 3.63) is 53.6 Å². The van der Waals surface area contributed by atoms with E-state index in [2.05, 4.69) is 10.6 Å². The maximum atomic E-state index is 12.9. The van der Waals surface area contributed by atoms with Gasteiger partial charge in [0.25, 0.3) is 15.9 Å². The molecule has 1 aromatic carbocycles. The summed E-state index contributed by atoms with van der Waals surface area (Å²) in [5, 5.41) is 5.63. The number of ether oxygens (including phenoxy) is 4. The minimum Gasteiger partial charge on any atom is -0.490 e. The van der Waals surface area contributed by atoms with E-state index in [9.17, 15) is 31.2 Å². The second kappa shape index (κ2) is 18.4. The van der Waals surface area contributed by atoms with Gasteiger partial charge in [0.1, 0.15) is 26.9 Å². The van der Waals surface area contributed by atoms with Gasteiger partial charge in [-0.1, -0.05) is 32.9 Å². The van der Waals surface area contributed by atoms with Crippen LogP contribution in [0.2, 0.25) is 0 Å². The topological polar surface area (TPSA) is 192 Å². The van der Waals surface area contributed by atoms with Gasteiger partial charge < -0.3 is 29.6 Å². The van der Waals surface area contributed by atoms with Crippen LogP contribution in [0.4, 0.5) is 0 Å². The lowest BCUT2D eigenvalue weighted by molar-refractivity contribution is -0.146. The van der Waals surface area contributed by atoms with Gasteiger partial charge >= 0.3 is 11.9 Å². The van der Waals surface area contributed by atoms with Crippen LogP contribution in [0.25, 0.3) is 0 Å². The molecular weight excluding hydrogens is 723 g/mol. The molecule has 1 aliphatic heterocycles. The molecule has 3 N–H and O–H groups in total. The van der Waals surface area contributed by atoms with Crippen molar-refractivity contribution in [2.75, 3.05) is 39.5 Å². The summed E-state index contributed by atoms with van der Waals surface area (Å²) in [6.45, 7) is 8.65. The monoisotopic (exact) mass is 769 g/mol. The first kappa shape index (κ1) is 40.4. The van der Waals surface area contributed by atoms with Crippen LogP contribution in [0.15, 0.2) is 50.9 Å². The second-order valence-corrected chi connectivity index (χ2v) is 18.3. The molecule has 17 heteroatoms. The van der Waals surface area contributed by atoms with Gasteiger partial charge in [-0.3, -0.25) is 4.79 Å². The number of carbonyl (C=O) groups excluding carboxylic acids is 3. The van der Waals surface area contributed by atoms with Crippen molar-refractivity contribution in [1.29, 1.82) is 0 Å². The van der Waals surface area contributed by atoms with Crippen molar-refractivity contribution < 1.29 is 50.2 Å². The quantitative estimate of drug-likeness (QED) is 0.101. The number of hydrogen-bond acceptors (Lipinski definition) is 14. The Morgan fingerprint density at radius 2 is 1.78 bits per heavy atom. The molecule has 0 bridgehead atoms. The van der Waals surface area contributed by atoms with Gasteiger partial charge in [0, 0.05) is 43.0 Å². The van der Waals surface area contributed by atoms with E-state index in [4.69, 9.17) is 18.9 Å². The Labute approximate surface area is 303 Å². The van der Waals surface area contributed by atoms with Crippen LogP contribution in [-0.2, 0) is 54.9 Å². The lowest BCUT2D eigenvalue weighted by atomic mass is 10.1. The highest BCUT2D eigenvalue weighted by Gasteiger charge is 2.39. The molecular formula is C34H47N3O11S3. The molecule has 0 radical (unpaired) electrons. The Kier molecular flexibility index (Phi) is 14.6. The third-order valence-corrected chi connectivity index (χ3v) is 13.8. The molecule has 282 valence electrons. The molecule has 51 heavy (non-hydrogen) atoms. The molecule has 2 heterocycles. The number of amides is 1. The summed E-state index contributed by atoms with van der Waals surface area (Å²) < 4.78 is 74.8. The Morgan fingerprint density at radius 3 is 2.45 bits per heavy atom. The fraction of sp³-hybridized carbons (Fsp3) is 0.559. The summed E-state index contributed by atoms with van der Waals surface area (Å²) in [6.07, 6.45) is 4.46. The molecule has 1 aliphatic carbocycles. The van der Waals surface area contributed by atoms with E-state index in [0.717, 1.165) is 36.7 Å². The Morgan fingerprint density at radius 1 is 1.08 bits per heavy atom. The number of rotatable bonds is 20. The van der Waals surface area contributed by atoms with Crippen LogP contribution in [0.3, 0.4) is 0 Å². The van der Waals surface area contributed by atoms with Crippen LogP contribution in [0.5, 0.6) is 5.75 Å². The van der Waals surface area contributed by atoms with Crippen molar-refractivity contribution in [1.82, 2.24) is 15.4 Å². The normalized spacial score (nSPS) is 19.0. The lowest BCUT2D eigenvalue weighted by Gasteiger charge is -2.27. The number of benzene rings is 1. The first-order chi connectivity index (χ1) is 24.2. The van der Waals surface area contributed by atoms with Crippen molar-refractivity contribution in [2.24, 2.45) is 5.92 Å². The summed E-state index contributed by atoms with van der Waals surface area (Å²) in [6, 6.07) is 8.56. The summed E-state index contributed by atoms with van der Waals surface area (Å²) in [7, 11) is -8.21. The van der Waals surface area contributed by atoms with Crippen LogP contribution in [-0.4, -0.2) is 91.6 Å². The highest BCUT2D eigenvalue weighted by Crippen LogP contribution is 2.42. The number of nitrogens with one attached hydrogen (secondary N) is 3. The molecule has 1 unspecified atom stereocenters. The molecule has 1 fully saturated rings. The molecule has 2 aliphatic rings. The van der Waals surface area contributed by atoms with Gasteiger partial charge in [-0.2, -0.15) is 0 Å². The largest absolute Gasteiger partial charge is 0.490 e. The van der Waals surface area contributed by atoms with E-state index in [-0.39, 0.29) is 40.1 Å². The van der Waals surface area contributed by atoms with Gasteiger partial charge in [-0.15, -0.1) is 11.3 Å². The summed E-state index contributed by atoms with van der Waals surface area (Å²) in [5.74, 6) is -1.80. The first-order valence-electron chi connectivity index (χ1n) is 16.9. The summed E-state index contributed by atoms with van der Waals surface area (Å²) in [4.78, 5) is 37.1. The van der Waals surface area contributed by atoms with Crippen molar-refractivity contribution >= 4 is 49.0 Å². The molecule has 2 aromatic rings. The standard InChI is InChI=1S/C34H47N3O11S3/c1-5-35-29-16-23(4)50(41,42)34-28(29)17-33(49-34)51(43,44)37-30(38)21-47-31(39)12-13-32(40)48-27(18-36-22(2)3)20-46-26-10-8-24(9-11-26)14-15-45-19-25-6-7-25/h8-13,17,22-23,25,27,29,35-36H,5-7,14-16,18-21H2,1-4H3,(H,37,38)/b13-12+/t23-,27?,29-/m0/s1. The van der Waals surface area contributed by atoms with Crippen LogP contribution in [0.1, 0.15) is 64.1 Å². The molecule has 1 amide bonds. The average molecular weight is 770 g/mol. The SMILES string of the molecule is CCN[C@H]1C[C@H](C)S(=O)(=O)c2sc(S(=O)(=O)NC(=O)COC(=O)/C=C/C(=O)OC(CNC(C)C)COc3ccc(CCOCC4CC4)cc3)cc21. The molecule has 3 atom stereocenters. The molecule has 1 saturated carbocycles. The Hall–Kier alpha value is -3.35. The zero-order valence-electron chi connectivity index (χ0n) is 29.2. The Balaban J connectivity index is 1.24. The predicted octanol–water partition coefficient (Wildman–Crippen LogP) is 2.83. The third kappa shape index (κ3) is 12.4. The van der Waals surface area contributed by atoms with E-state index >= 15 is 0 Å². The number of sulfonamides is 1. The zero-order chi connectivity index (χ0) is 37.2. The fourth-order valence-electron chi connectivity index (χ4n) is 5.09. The van der Waals surface area contributed by atoms with Gasteiger partial charge in [-0.25, -0.2) is 31.1 Å². The third-order valence-electron chi connectivity index (χ3n) is 8.08. The molecule has 4 rings (SSSR count). The minimum absolute atomic E-state index is 0.0379. The molecule has 0 saturated heterocycles. The van der Waals surface area contributed by atoms with Crippen LogP contribution >= 0.6 is 11.3 Å². The zero-order valence-corrected chi connectivity index (χ0v) is 31.7. The highest BCUT2D eigenvalue weighted by atomic mass is 32.3. The van der Waals surface area contributed by atoms with Gasteiger partial charge in [0.2, 0.25) is 0 Å². The van der Waals surface area contributed by atoms with Crippen LogP contribution in [0, 0.1) is 5.92 Å². The molecule has 14 nitrogen and oxygen atoms in total. The maximum absolute atomic E-state index is 12.9. The first-order valence-corrected chi connectivity index (χ1v) is 20.8. The maximum Gasteiger partial charge on any atom is 0.331 e. The van der Waals surface area contributed by atoms with Gasteiger partial charge in [0.15, 0.2) is 16.4 Å². The minimum atomic E-state index is -4.47. The fourth-order valence-corrected chi connectivity index (χ4v) is 10.1. The van der Waals surface area contributed by atoms with E-state index in [1.165, 1.54) is 18.9 Å². The number of carbonyl (C=O) groups is 3. The van der Waals surface area contributed by atoms with E-state index < -0.39 is 55.7 Å². The number of thiophene rings is 1.